The molecule has 0 heterocycles. The fraction of sp³-hybridized carbons (Fsp3) is 0.857. The fourth-order valence-electron chi connectivity index (χ4n) is 0.882. The Bertz CT molecular complexity index is 154. The van der Waals surface area contributed by atoms with Gasteiger partial charge in [-0.2, -0.15) is 0 Å². The number of hydrogen-bond donors (Lipinski definition) is 1. The number of carbonyl (C=O) groups excluding carboxylic acids is 1. The number of aliphatic hydroxyl groups is 1. The molecule has 0 amide bonds. The second kappa shape index (κ2) is 3.51. The van der Waals surface area contributed by atoms with Gasteiger partial charge in [0, 0.05) is 0 Å². The van der Waals surface area contributed by atoms with E-state index in [2.05, 4.69) is 9.24 Å². The van der Waals surface area contributed by atoms with Gasteiger partial charge < -0.3 is 9.84 Å². The summed E-state index contributed by atoms with van der Waals surface area (Å²) >= 11 is 0. The van der Waals surface area contributed by atoms with Crippen LogP contribution in [0.1, 0.15) is 12.8 Å². The van der Waals surface area contributed by atoms with Crippen molar-refractivity contribution in [3.63, 3.8) is 0 Å². The van der Waals surface area contributed by atoms with Gasteiger partial charge in [-0.25, -0.2) is 0 Å². The van der Waals surface area contributed by atoms with E-state index in [4.69, 9.17) is 9.84 Å². The van der Waals surface area contributed by atoms with E-state index in [1.54, 1.807) is 0 Å². The summed E-state index contributed by atoms with van der Waals surface area (Å²) in [6.07, 6.45) is 2.31. The highest BCUT2D eigenvalue weighted by molar-refractivity contribution is 7.16. The molecule has 0 spiro atoms. The molecule has 0 saturated heterocycles. The van der Waals surface area contributed by atoms with Crippen LogP contribution in [0.15, 0.2) is 0 Å². The van der Waals surface area contributed by atoms with Crippen molar-refractivity contribution in [2.75, 3.05) is 19.4 Å². The zero-order valence-electron chi connectivity index (χ0n) is 6.38. The van der Waals surface area contributed by atoms with E-state index in [-0.39, 0.29) is 12.6 Å². The van der Waals surface area contributed by atoms with E-state index < -0.39 is 5.41 Å². The van der Waals surface area contributed by atoms with Gasteiger partial charge in [0.05, 0.1) is 18.6 Å². The number of hydrogen-bond acceptors (Lipinski definition) is 3. The Balaban J connectivity index is 2.29. The standard InChI is InChI=1S/C7H13O3P/c8-5-7(1-2-7)6(9)10-3-4-11/h8H,1-5,11H2. The van der Waals surface area contributed by atoms with Crippen LogP contribution in [0.3, 0.4) is 0 Å². The smallest absolute Gasteiger partial charge is 0.314 e. The Kier molecular flexibility index (Phi) is 2.85. The third kappa shape index (κ3) is 1.91. The number of rotatable bonds is 4. The first kappa shape index (κ1) is 8.95. The molecule has 0 aromatic heterocycles. The monoisotopic (exact) mass is 176 g/mol. The van der Waals surface area contributed by atoms with Gasteiger partial charge in [0.15, 0.2) is 0 Å². The van der Waals surface area contributed by atoms with Gasteiger partial charge in [-0.05, 0) is 19.0 Å². The van der Waals surface area contributed by atoms with Crippen molar-refractivity contribution in [3.8, 4) is 0 Å². The summed E-state index contributed by atoms with van der Waals surface area (Å²) < 4.78 is 4.89. The van der Waals surface area contributed by atoms with Gasteiger partial charge in [-0.15, -0.1) is 9.24 Å². The molecule has 1 aliphatic carbocycles. The molecule has 0 radical (unpaired) electrons. The van der Waals surface area contributed by atoms with Crippen LogP contribution in [0.25, 0.3) is 0 Å². The minimum Gasteiger partial charge on any atom is -0.465 e. The van der Waals surface area contributed by atoms with E-state index in [1.807, 2.05) is 0 Å². The number of ether oxygens (including phenoxy) is 1. The Morgan fingerprint density at radius 3 is 2.64 bits per heavy atom. The molecule has 0 aromatic carbocycles. The molecule has 1 saturated carbocycles. The second-order valence-corrected chi connectivity index (χ2v) is 3.44. The molecule has 1 unspecified atom stereocenters. The molecule has 1 N–H and O–H groups in total. The Morgan fingerprint density at radius 2 is 2.27 bits per heavy atom. The Hall–Kier alpha value is -0.140. The average molecular weight is 176 g/mol. The van der Waals surface area contributed by atoms with Crippen molar-refractivity contribution >= 4 is 15.2 Å². The molecule has 4 heteroatoms. The first-order valence-electron chi connectivity index (χ1n) is 3.73. The van der Waals surface area contributed by atoms with Crippen molar-refractivity contribution in [2.24, 2.45) is 5.41 Å². The third-order valence-corrected chi connectivity index (χ3v) is 2.18. The topological polar surface area (TPSA) is 46.5 Å². The van der Waals surface area contributed by atoms with Gasteiger partial charge in [0.1, 0.15) is 0 Å². The van der Waals surface area contributed by atoms with Crippen LogP contribution in [0.5, 0.6) is 0 Å². The highest BCUT2D eigenvalue weighted by atomic mass is 31.0. The lowest BCUT2D eigenvalue weighted by Gasteiger charge is -2.09. The summed E-state index contributed by atoms with van der Waals surface area (Å²) in [5, 5.41) is 8.82. The Labute approximate surface area is 68.3 Å². The first-order valence-corrected chi connectivity index (χ1v) is 4.55. The third-order valence-electron chi connectivity index (χ3n) is 1.94. The number of aliphatic hydroxyl groups excluding tert-OH is 1. The minimum absolute atomic E-state index is 0.0668. The van der Waals surface area contributed by atoms with Crippen LogP contribution >= 0.6 is 9.24 Å². The van der Waals surface area contributed by atoms with Gasteiger partial charge >= 0.3 is 5.97 Å². The van der Waals surface area contributed by atoms with Crippen LogP contribution in [-0.2, 0) is 9.53 Å². The van der Waals surface area contributed by atoms with Crippen LogP contribution in [0, 0.1) is 5.41 Å². The molecular weight excluding hydrogens is 163 g/mol. The van der Waals surface area contributed by atoms with Crippen LogP contribution in [-0.4, -0.2) is 30.5 Å². The maximum absolute atomic E-state index is 11.1. The van der Waals surface area contributed by atoms with Crippen molar-refractivity contribution in [3.05, 3.63) is 0 Å². The maximum Gasteiger partial charge on any atom is 0.314 e. The van der Waals surface area contributed by atoms with Crippen LogP contribution in [0.4, 0.5) is 0 Å². The molecule has 3 nitrogen and oxygen atoms in total. The summed E-state index contributed by atoms with van der Waals surface area (Å²) in [4.78, 5) is 11.1. The van der Waals surface area contributed by atoms with Crippen molar-refractivity contribution in [1.82, 2.24) is 0 Å². The summed E-state index contributed by atoms with van der Waals surface area (Å²) in [6, 6.07) is 0. The molecule has 0 aliphatic heterocycles. The molecular formula is C7H13O3P. The molecule has 11 heavy (non-hydrogen) atoms. The average Bonchev–Trinajstić information content (AvgIpc) is 2.80. The van der Waals surface area contributed by atoms with Gasteiger partial charge in [0.25, 0.3) is 0 Å². The van der Waals surface area contributed by atoms with E-state index in [0.717, 1.165) is 19.0 Å². The molecule has 1 aliphatic rings. The Morgan fingerprint density at radius 1 is 1.64 bits per heavy atom. The lowest BCUT2D eigenvalue weighted by atomic mass is 10.1. The van der Waals surface area contributed by atoms with E-state index in [0.29, 0.717) is 6.61 Å². The van der Waals surface area contributed by atoms with Crippen molar-refractivity contribution < 1.29 is 14.6 Å². The largest absolute Gasteiger partial charge is 0.465 e. The zero-order chi connectivity index (χ0) is 8.32. The molecule has 1 atom stereocenters. The number of esters is 1. The zero-order valence-corrected chi connectivity index (χ0v) is 7.53. The molecule has 64 valence electrons. The van der Waals surface area contributed by atoms with E-state index in [9.17, 15) is 4.79 Å². The maximum atomic E-state index is 11.1. The molecule has 0 aromatic rings. The van der Waals surface area contributed by atoms with Crippen LogP contribution < -0.4 is 0 Å². The second-order valence-electron chi connectivity index (χ2n) is 2.86. The minimum atomic E-state index is -0.514. The SMILES string of the molecule is O=C(OCCP)C1(CO)CC1. The molecule has 1 rings (SSSR count). The summed E-state index contributed by atoms with van der Waals surface area (Å²) in [6.45, 7) is 0.369. The van der Waals surface area contributed by atoms with Gasteiger partial charge in [0.2, 0.25) is 0 Å². The predicted molar refractivity (Wildman–Crippen MR) is 44.3 cm³/mol. The summed E-state index contributed by atoms with van der Waals surface area (Å²) in [5.41, 5.74) is -0.514. The quantitative estimate of drug-likeness (QED) is 0.491. The van der Waals surface area contributed by atoms with Crippen LogP contribution in [0.2, 0.25) is 0 Å². The summed E-state index contributed by atoms with van der Waals surface area (Å²) in [5.74, 6) is -0.234. The summed E-state index contributed by atoms with van der Waals surface area (Å²) in [7, 11) is 2.48. The number of carbonyl (C=O) groups is 1. The van der Waals surface area contributed by atoms with E-state index >= 15 is 0 Å². The molecule has 0 bridgehead atoms. The normalized spacial score (nSPS) is 19.5. The highest BCUT2D eigenvalue weighted by Gasteiger charge is 2.50. The lowest BCUT2D eigenvalue weighted by molar-refractivity contribution is -0.151. The van der Waals surface area contributed by atoms with Gasteiger partial charge in [-0.3, -0.25) is 4.79 Å². The fourth-order valence-corrected chi connectivity index (χ4v) is 1.00. The highest BCUT2D eigenvalue weighted by Crippen LogP contribution is 2.46. The lowest BCUT2D eigenvalue weighted by Crippen LogP contribution is -2.23. The van der Waals surface area contributed by atoms with Crippen molar-refractivity contribution in [2.45, 2.75) is 12.8 Å². The predicted octanol–water partition coefficient (Wildman–Crippen LogP) is 0.177. The first-order chi connectivity index (χ1) is 5.25. The van der Waals surface area contributed by atoms with Crippen molar-refractivity contribution in [1.29, 1.82) is 0 Å². The van der Waals surface area contributed by atoms with Gasteiger partial charge in [-0.1, -0.05) is 0 Å². The molecule has 1 fully saturated rings. The van der Waals surface area contributed by atoms with E-state index in [1.165, 1.54) is 0 Å².